The molecule has 0 atom stereocenters. The number of amides is 1. The summed E-state index contributed by atoms with van der Waals surface area (Å²) in [7, 11) is 2.89. The summed E-state index contributed by atoms with van der Waals surface area (Å²) in [4.78, 5) is 24.7. The Kier molecular flexibility index (Phi) is 7.08. The fourth-order valence-corrected chi connectivity index (χ4v) is 1.71. The number of likely N-dealkylation sites (N-methyl/N-ethyl adjacent to an activating group) is 1. The van der Waals surface area contributed by atoms with E-state index in [0.717, 1.165) is 0 Å². The average Bonchev–Trinajstić information content (AvgIpc) is 2.53. The van der Waals surface area contributed by atoms with E-state index in [9.17, 15) is 9.59 Å². The molecule has 1 amide bonds. The quantitative estimate of drug-likeness (QED) is 0.680. The molecule has 1 aromatic rings. The fourth-order valence-electron chi connectivity index (χ4n) is 1.71. The second kappa shape index (κ2) is 8.84. The van der Waals surface area contributed by atoms with Crippen LogP contribution in [0, 0.1) is 0 Å². The number of rotatable bonds is 8. The van der Waals surface area contributed by atoms with Crippen LogP contribution in [0.1, 0.15) is 13.3 Å². The highest BCUT2D eigenvalue weighted by Crippen LogP contribution is 2.18. The number of carbonyl (C=O) groups is 2. The Morgan fingerprint density at radius 1 is 1.19 bits per heavy atom. The van der Waals surface area contributed by atoms with E-state index in [2.05, 4.69) is 4.74 Å². The van der Waals surface area contributed by atoms with Crippen LogP contribution >= 0.6 is 0 Å². The average molecular weight is 295 g/mol. The number of hydrogen-bond acceptors (Lipinski definition) is 5. The van der Waals surface area contributed by atoms with Gasteiger partial charge in [-0.1, -0.05) is 6.07 Å². The monoisotopic (exact) mass is 295 g/mol. The second-order valence-corrected chi connectivity index (χ2v) is 4.27. The minimum absolute atomic E-state index is 0.0812. The Morgan fingerprint density at radius 3 is 2.52 bits per heavy atom. The third-order valence-corrected chi connectivity index (χ3v) is 2.95. The fraction of sp³-hybridized carbons (Fsp3) is 0.467. The molecule has 0 aliphatic carbocycles. The first-order valence-electron chi connectivity index (χ1n) is 6.72. The molecule has 0 spiro atoms. The van der Waals surface area contributed by atoms with Gasteiger partial charge in [0.05, 0.1) is 20.6 Å². The zero-order valence-electron chi connectivity index (χ0n) is 12.6. The molecule has 0 N–H and O–H groups in total. The Bertz CT molecular complexity index is 475. The molecular weight excluding hydrogens is 274 g/mol. The molecular formula is C15H21NO5. The van der Waals surface area contributed by atoms with Gasteiger partial charge in [0, 0.05) is 19.2 Å². The number of nitrogens with zero attached hydrogens (tertiary/aromatic N) is 1. The number of ether oxygens (including phenoxy) is 3. The van der Waals surface area contributed by atoms with Gasteiger partial charge in [0.25, 0.3) is 5.91 Å². The molecule has 0 unspecified atom stereocenters. The molecule has 6 heteroatoms. The summed E-state index contributed by atoms with van der Waals surface area (Å²) in [5, 5.41) is 0. The smallest absolute Gasteiger partial charge is 0.307 e. The Balaban J connectivity index is 2.48. The summed E-state index contributed by atoms with van der Waals surface area (Å²) in [6.45, 7) is 2.60. The number of esters is 1. The number of carbonyl (C=O) groups excluding carboxylic acids is 2. The maximum atomic E-state index is 12.0. The molecule has 0 saturated carbocycles. The first-order valence-corrected chi connectivity index (χ1v) is 6.72. The number of benzene rings is 1. The molecule has 0 radical (unpaired) electrons. The van der Waals surface area contributed by atoms with Crippen molar-refractivity contribution >= 4 is 11.9 Å². The van der Waals surface area contributed by atoms with Gasteiger partial charge in [-0.3, -0.25) is 9.59 Å². The second-order valence-electron chi connectivity index (χ2n) is 4.27. The van der Waals surface area contributed by atoms with E-state index in [-0.39, 0.29) is 24.9 Å². The van der Waals surface area contributed by atoms with Gasteiger partial charge in [0.2, 0.25) is 0 Å². The summed E-state index contributed by atoms with van der Waals surface area (Å²) >= 11 is 0. The van der Waals surface area contributed by atoms with E-state index in [1.807, 2.05) is 6.92 Å². The standard InChI is InChI=1S/C15H21NO5/c1-4-16(9-8-15(18)20-3)14(17)11-21-13-7-5-6-12(10-13)19-2/h5-7,10H,4,8-9,11H2,1-3H3. The van der Waals surface area contributed by atoms with E-state index >= 15 is 0 Å². The highest BCUT2D eigenvalue weighted by Gasteiger charge is 2.14. The van der Waals surface area contributed by atoms with Crippen molar-refractivity contribution < 1.29 is 23.8 Å². The predicted molar refractivity (Wildman–Crippen MR) is 77.4 cm³/mol. The first-order chi connectivity index (χ1) is 10.1. The van der Waals surface area contributed by atoms with Crippen molar-refractivity contribution in [1.82, 2.24) is 4.90 Å². The predicted octanol–water partition coefficient (Wildman–Crippen LogP) is 1.49. The van der Waals surface area contributed by atoms with Crippen LogP contribution in [0.25, 0.3) is 0 Å². The lowest BCUT2D eigenvalue weighted by molar-refractivity contribution is -0.142. The minimum Gasteiger partial charge on any atom is -0.497 e. The summed E-state index contributed by atoms with van der Waals surface area (Å²) in [6, 6.07) is 7.04. The van der Waals surface area contributed by atoms with Crippen LogP contribution in [0.5, 0.6) is 11.5 Å². The Morgan fingerprint density at radius 2 is 1.90 bits per heavy atom. The highest BCUT2D eigenvalue weighted by atomic mass is 16.5. The van der Waals surface area contributed by atoms with Gasteiger partial charge in [-0.05, 0) is 19.1 Å². The van der Waals surface area contributed by atoms with Crippen LogP contribution in [0.3, 0.4) is 0 Å². The maximum Gasteiger partial charge on any atom is 0.307 e. The first kappa shape index (κ1) is 16.8. The van der Waals surface area contributed by atoms with E-state index in [0.29, 0.717) is 24.6 Å². The summed E-state index contributed by atoms with van der Waals surface area (Å²) in [5.74, 6) is 0.712. The number of methoxy groups -OCH3 is 2. The lowest BCUT2D eigenvalue weighted by atomic mass is 10.3. The van der Waals surface area contributed by atoms with Crippen molar-refractivity contribution in [3.63, 3.8) is 0 Å². The van der Waals surface area contributed by atoms with Gasteiger partial charge in [-0.2, -0.15) is 0 Å². The zero-order valence-corrected chi connectivity index (χ0v) is 12.6. The third-order valence-electron chi connectivity index (χ3n) is 2.95. The molecule has 0 aromatic heterocycles. The molecule has 6 nitrogen and oxygen atoms in total. The molecule has 1 aromatic carbocycles. The van der Waals surface area contributed by atoms with Crippen LogP contribution in [-0.2, 0) is 14.3 Å². The molecule has 1 rings (SSSR count). The highest BCUT2D eigenvalue weighted by molar-refractivity contribution is 5.78. The third kappa shape index (κ3) is 5.72. The van der Waals surface area contributed by atoms with Crippen LogP contribution in [0.4, 0.5) is 0 Å². The Hall–Kier alpha value is -2.24. The van der Waals surface area contributed by atoms with Crippen LogP contribution < -0.4 is 9.47 Å². The SMILES string of the molecule is CCN(CCC(=O)OC)C(=O)COc1cccc(OC)c1. The van der Waals surface area contributed by atoms with Gasteiger partial charge in [-0.15, -0.1) is 0 Å². The van der Waals surface area contributed by atoms with Crippen molar-refractivity contribution in [3.05, 3.63) is 24.3 Å². The van der Waals surface area contributed by atoms with Gasteiger partial charge in [0.1, 0.15) is 11.5 Å². The Labute approximate surface area is 124 Å². The van der Waals surface area contributed by atoms with E-state index in [1.165, 1.54) is 7.11 Å². The largest absolute Gasteiger partial charge is 0.497 e. The molecule has 0 aliphatic rings. The molecule has 21 heavy (non-hydrogen) atoms. The van der Waals surface area contributed by atoms with Gasteiger partial charge >= 0.3 is 5.97 Å². The summed E-state index contributed by atoms with van der Waals surface area (Å²) in [6.07, 6.45) is 0.176. The van der Waals surface area contributed by atoms with Crippen LogP contribution in [-0.4, -0.2) is 50.7 Å². The molecule has 0 aliphatic heterocycles. The van der Waals surface area contributed by atoms with Gasteiger partial charge < -0.3 is 19.1 Å². The lowest BCUT2D eigenvalue weighted by Crippen LogP contribution is -2.36. The van der Waals surface area contributed by atoms with E-state index in [1.54, 1.807) is 36.3 Å². The number of hydrogen-bond donors (Lipinski definition) is 0. The van der Waals surface area contributed by atoms with Crippen molar-refractivity contribution in [2.24, 2.45) is 0 Å². The lowest BCUT2D eigenvalue weighted by Gasteiger charge is -2.20. The zero-order chi connectivity index (χ0) is 15.7. The summed E-state index contributed by atoms with van der Waals surface area (Å²) in [5.41, 5.74) is 0. The van der Waals surface area contributed by atoms with Gasteiger partial charge in [0.15, 0.2) is 6.61 Å². The minimum atomic E-state index is -0.338. The molecule has 0 fully saturated rings. The van der Waals surface area contributed by atoms with Crippen molar-refractivity contribution in [2.45, 2.75) is 13.3 Å². The van der Waals surface area contributed by atoms with Gasteiger partial charge in [-0.25, -0.2) is 0 Å². The van der Waals surface area contributed by atoms with Crippen molar-refractivity contribution in [1.29, 1.82) is 0 Å². The van der Waals surface area contributed by atoms with Crippen molar-refractivity contribution in [2.75, 3.05) is 33.9 Å². The van der Waals surface area contributed by atoms with Crippen LogP contribution in [0.2, 0.25) is 0 Å². The topological polar surface area (TPSA) is 65.1 Å². The van der Waals surface area contributed by atoms with Crippen LogP contribution in [0.15, 0.2) is 24.3 Å². The van der Waals surface area contributed by atoms with Crippen molar-refractivity contribution in [3.8, 4) is 11.5 Å². The summed E-state index contributed by atoms with van der Waals surface area (Å²) < 4.78 is 15.1. The maximum absolute atomic E-state index is 12.0. The normalized spacial score (nSPS) is 9.86. The molecule has 0 saturated heterocycles. The molecule has 116 valence electrons. The molecule has 0 bridgehead atoms. The van der Waals surface area contributed by atoms with E-state index < -0.39 is 0 Å². The molecule has 0 heterocycles. The van der Waals surface area contributed by atoms with E-state index in [4.69, 9.17) is 9.47 Å².